The predicted molar refractivity (Wildman–Crippen MR) is 107 cm³/mol. The van der Waals surface area contributed by atoms with Crippen molar-refractivity contribution >= 4 is 25.2 Å². The molecule has 1 atom stereocenters. The number of hydrogen-bond donors (Lipinski definition) is 0. The SMILES string of the molecule is CPN1COc2ccc3c4c(ccc3c2C1)OCN(c1ccccc1)C4. The molecule has 5 heteroatoms. The quantitative estimate of drug-likeness (QED) is 0.622. The first kappa shape index (κ1) is 15.9. The molecule has 3 aromatic rings. The molecule has 0 amide bonds. The highest BCUT2D eigenvalue weighted by Gasteiger charge is 2.24. The van der Waals surface area contributed by atoms with Gasteiger partial charge in [-0.05, 0) is 41.7 Å². The molecule has 3 aromatic carbocycles. The van der Waals surface area contributed by atoms with Crippen molar-refractivity contribution in [1.82, 2.24) is 4.67 Å². The Kier molecular flexibility index (Phi) is 3.96. The first-order valence-electron chi connectivity index (χ1n) is 8.89. The van der Waals surface area contributed by atoms with E-state index in [1.165, 1.54) is 27.6 Å². The summed E-state index contributed by atoms with van der Waals surface area (Å²) in [6.45, 7) is 5.27. The Bertz CT molecular complexity index is 961. The van der Waals surface area contributed by atoms with Crippen LogP contribution in [0.25, 0.3) is 10.8 Å². The third kappa shape index (κ3) is 2.61. The highest BCUT2D eigenvalue weighted by molar-refractivity contribution is 7.34. The first-order valence-corrected chi connectivity index (χ1v) is 10.3. The average Bonchev–Trinajstić information content (AvgIpc) is 2.73. The summed E-state index contributed by atoms with van der Waals surface area (Å²) in [7, 11) is 0.749. The van der Waals surface area contributed by atoms with Crippen LogP contribution in [0.2, 0.25) is 0 Å². The van der Waals surface area contributed by atoms with Crippen LogP contribution in [0.5, 0.6) is 11.5 Å². The van der Waals surface area contributed by atoms with Gasteiger partial charge in [0.1, 0.15) is 18.2 Å². The lowest BCUT2D eigenvalue weighted by molar-refractivity contribution is 0.179. The Morgan fingerprint density at radius 2 is 1.42 bits per heavy atom. The van der Waals surface area contributed by atoms with Crippen molar-refractivity contribution in [2.75, 3.05) is 25.0 Å². The Morgan fingerprint density at radius 1 is 0.769 bits per heavy atom. The minimum Gasteiger partial charge on any atom is -0.477 e. The largest absolute Gasteiger partial charge is 0.477 e. The number of hydrogen-bond acceptors (Lipinski definition) is 4. The van der Waals surface area contributed by atoms with Crippen LogP contribution >= 0.6 is 8.73 Å². The van der Waals surface area contributed by atoms with Gasteiger partial charge in [0.05, 0.1) is 6.54 Å². The molecule has 0 aromatic heterocycles. The summed E-state index contributed by atoms with van der Waals surface area (Å²) < 4.78 is 14.4. The van der Waals surface area contributed by atoms with Gasteiger partial charge in [-0.2, -0.15) is 0 Å². The van der Waals surface area contributed by atoms with E-state index in [4.69, 9.17) is 9.47 Å². The number of benzene rings is 3. The van der Waals surface area contributed by atoms with E-state index in [1.807, 2.05) is 6.07 Å². The summed E-state index contributed by atoms with van der Waals surface area (Å²) in [5.41, 5.74) is 3.74. The van der Waals surface area contributed by atoms with E-state index >= 15 is 0 Å². The van der Waals surface area contributed by atoms with Crippen LogP contribution in [-0.2, 0) is 13.1 Å². The zero-order valence-corrected chi connectivity index (χ0v) is 15.7. The minimum absolute atomic E-state index is 0.585. The molecule has 132 valence electrons. The van der Waals surface area contributed by atoms with Crippen molar-refractivity contribution in [2.45, 2.75) is 13.1 Å². The van der Waals surface area contributed by atoms with Gasteiger partial charge in [0.2, 0.25) is 0 Å². The zero-order chi connectivity index (χ0) is 17.5. The molecule has 0 saturated heterocycles. The molecule has 0 spiro atoms. The van der Waals surface area contributed by atoms with E-state index in [0.717, 1.165) is 33.3 Å². The zero-order valence-electron chi connectivity index (χ0n) is 14.7. The number of fused-ring (bicyclic) bond motifs is 5. The predicted octanol–water partition coefficient (Wildman–Crippen LogP) is 4.57. The molecule has 2 aliphatic heterocycles. The van der Waals surface area contributed by atoms with Gasteiger partial charge in [-0.15, -0.1) is 0 Å². The Hall–Kier alpha value is -2.29. The van der Waals surface area contributed by atoms with E-state index in [2.05, 4.69) is 64.8 Å². The second kappa shape index (κ2) is 6.46. The summed E-state index contributed by atoms with van der Waals surface area (Å²) in [5.74, 6) is 2.01. The molecular weight excluding hydrogens is 343 g/mol. The summed E-state index contributed by atoms with van der Waals surface area (Å²) in [4.78, 5) is 2.28. The van der Waals surface area contributed by atoms with Gasteiger partial charge in [0.25, 0.3) is 0 Å². The van der Waals surface area contributed by atoms with E-state index in [0.29, 0.717) is 13.5 Å². The van der Waals surface area contributed by atoms with Gasteiger partial charge < -0.3 is 14.4 Å². The second-order valence-electron chi connectivity index (χ2n) is 6.68. The Labute approximate surface area is 155 Å². The van der Waals surface area contributed by atoms with Crippen LogP contribution < -0.4 is 14.4 Å². The van der Waals surface area contributed by atoms with Crippen LogP contribution in [0.4, 0.5) is 5.69 Å². The van der Waals surface area contributed by atoms with Gasteiger partial charge >= 0.3 is 0 Å². The Balaban J connectivity index is 1.59. The normalized spacial score (nSPS) is 17.0. The molecule has 2 aliphatic rings. The molecule has 5 rings (SSSR count). The fraction of sp³-hybridized carbons (Fsp3) is 0.238. The van der Waals surface area contributed by atoms with E-state index in [9.17, 15) is 0 Å². The van der Waals surface area contributed by atoms with E-state index in [1.54, 1.807) is 0 Å². The summed E-state index contributed by atoms with van der Waals surface area (Å²) in [6, 6.07) is 19.1. The number of nitrogens with zero attached hydrogens (tertiary/aromatic N) is 2. The number of para-hydroxylation sites is 1. The monoisotopic (exact) mass is 364 g/mol. The fourth-order valence-electron chi connectivity index (χ4n) is 3.80. The van der Waals surface area contributed by atoms with Gasteiger partial charge in [-0.3, -0.25) is 0 Å². The fourth-order valence-corrected chi connectivity index (χ4v) is 4.31. The molecule has 4 nitrogen and oxygen atoms in total. The van der Waals surface area contributed by atoms with E-state index < -0.39 is 0 Å². The summed E-state index contributed by atoms with van der Waals surface area (Å²) >= 11 is 0. The highest BCUT2D eigenvalue weighted by atomic mass is 31.1. The van der Waals surface area contributed by atoms with Crippen molar-refractivity contribution < 1.29 is 9.47 Å². The lowest BCUT2D eigenvalue weighted by Crippen LogP contribution is -2.32. The molecular formula is C21H21N2O2P. The van der Waals surface area contributed by atoms with Crippen LogP contribution in [0.15, 0.2) is 54.6 Å². The van der Waals surface area contributed by atoms with Crippen molar-refractivity contribution in [3.8, 4) is 11.5 Å². The van der Waals surface area contributed by atoms with Crippen LogP contribution in [0.3, 0.4) is 0 Å². The molecule has 0 fully saturated rings. The Morgan fingerprint density at radius 3 is 2.12 bits per heavy atom. The molecule has 1 unspecified atom stereocenters. The number of rotatable bonds is 2. The molecule has 0 aliphatic carbocycles. The second-order valence-corrected chi connectivity index (χ2v) is 7.76. The first-order chi connectivity index (χ1) is 12.8. The maximum Gasteiger partial charge on any atom is 0.161 e. The molecule has 26 heavy (non-hydrogen) atoms. The summed E-state index contributed by atoms with van der Waals surface area (Å²) in [6.07, 6.45) is 0. The lowest BCUT2D eigenvalue weighted by atomic mass is 9.97. The highest BCUT2D eigenvalue weighted by Crippen LogP contribution is 2.40. The minimum atomic E-state index is 0.585. The lowest BCUT2D eigenvalue weighted by Gasteiger charge is -2.33. The van der Waals surface area contributed by atoms with Crippen molar-refractivity contribution in [2.24, 2.45) is 0 Å². The van der Waals surface area contributed by atoms with Crippen molar-refractivity contribution in [1.29, 1.82) is 0 Å². The molecule has 0 bridgehead atoms. The standard InChI is InChI=1S/C21H21N2O2P/c1-26-23-12-19-17-8-9-20-18(16(17)7-10-21(19)25-14-23)11-22(13-24-20)15-5-3-2-4-6-15/h2-10,26H,11-14H2,1H3. The maximum absolute atomic E-state index is 6.07. The maximum atomic E-state index is 6.07. The third-order valence-electron chi connectivity index (χ3n) is 5.23. The van der Waals surface area contributed by atoms with Crippen molar-refractivity contribution in [3.63, 3.8) is 0 Å². The molecule has 0 saturated carbocycles. The van der Waals surface area contributed by atoms with Gasteiger partial charge in [-0.1, -0.05) is 39.1 Å². The number of anilines is 1. The molecule has 0 radical (unpaired) electrons. The topological polar surface area (TPSA) is 24.9 Å². The van der Waals surface area contributed by atoms with Gasteiger partial charge in [-0.25, -0.2) is 4.67 Å². The smallest absolute Gasteiger partial charge is 0.161 e. The van der Waals surface area contributed by atoms with Crippen LogP contribution in [-0.4, -0.2) is 24.8 Å². The van der Waals surface area contributed by atoms with Gasteiger partial charge in [0.15, 0.2) is 6.73 Å². The van der Waals surface area contributed by atoms with Crippen molar-refractivity contribution in [3.05, 3.63) is 65.7 Å². The van der Waals surface area contributed by atoms with E-state index in [-0.39, 0.29) is 0 Å². The molecule has 0 N–H and O–H groups in total. The third-order valence-corrected chi connectivity index (χ3v) is 6.14. The summed E-state index contributed by atoms with van der Waals surface area (Å²) in [5, 5.41) is 2.55. The molecule has 2 heterocycles. The van der Waals surface area contributed by atoms with Crippen LogP contribution in [0.1, 0.15) is 11.1 Å². The number of ether oxygens (including phenoxy) is 2. The van der Waals surface area contributed by atoms with Crippen LogP contribution in [0, 0.1) is 0 Å². The van der Waals surface area contributed by atoms with Gasteiger partial charge in [0, 0.05) is 23.4 Å². The average molecular weight is 364 g/mol.